The number of carbonyl (C=O) groups is 1. The van der Waals surface area contributed by atoms with Crippen molar-refractivity contribution in [2.75, 3.05) is 37.0 Å². The number of aliphatic hydroxyl groups excluding tert-OH is 1. The zero-order valence-corrected chi connectivity index (χ0v) is 18.2. The average Bonchev–Trinajstić information content (AvgIpc) is 3.16. The number of β-amino-alcohol motifs (C(OH)–C–C–N with tert-alkyl or cyclic N) is 1. The van der Waals surface area contributed by atoms with Crippen molar-refractivity contribution in [3.05, 3.63) is 36.0 Å². The molecular formula is C17H21ClN4O6S2. The molecule has 10 nitrogen and oxygen atoms in total. The Labute approximate surface area is 184 Å². The van der Waals surface area contributed by atoms with Crippen LogP contribution in [0.5, 0.6) is 0 Å². The van der Waals surface area contributed by atoms with Gasteiger partial charge in [0.1, 0.15) is 17.9 Å². The monoisotopic (exact) mass is 476 g/mol. The Morgan fingerprint density at radius 2 is 2.07 bits per heavy atom. The molecule has 0 aliphatic carbocycles. The Morgan fingerprint density at radius 3 is 2.70 bits per heavy atom. The van der Waals surface area contributed by atoms with E-state index in [-0.39, 0.29) is 48.6 Å². The van der Waals surface area contributed by atoms with Gasteiger partial charge >= 0.3 is 0 Å². The number of carbonyl (C=O) groups excluding carboxylic acids is 1. The fourth-order valence-corrected chi connectivity index (χ4v) is 4.36. The second-order valence-corrected chi connectivity index (χ2v) is 9.01. The van der Waals surface area contributed by atoms with Crippen LogP contribution in [0.15, 0.2) is 36.0 Å². The number of aromatic nitrogens is 1. The van der Waals surface area contributed by atoms with Gasteiger partial charge in [0.2, 0.25) is 5.88 Å². The minimum Gasteiger partial charge on any atom is -0.474 e. The predicted octanol–water partition coefficient (Wildman–Crippen LogP) is 0.742. The number of anilines is 1. The Bertz CT molecular complexity index is 943. The van der Waals surface area contributed by atoms with Gasteiger partial charge in [-0.05, 0) is 37.2 Å². The fourth-order valence-electron chi connectivity index (χ4n) is 3.19. The lowest BCUT2D eigenvalue weighted by atomic mass is 10.3. The van der Waals surface area contributed by atoms with Crippen molar-refractivity contribution in [1.82, 2.24) is 14.8 Å². The summed E-state index contributed by atoms with van der Waals surface area (Å²) < 4.78 is 36.4. The molecule has 0 aromatic carbocycles. The van der Waals surface area contributed by atoms with Crippen molar-refractivity contribution < 1.29 is 27.6 Å². The van der Waals surface area contributed by atoms with Crippen LogP contribution in [0.3, 0.4) is 0 Å². The summed E-state index contributed by atoms with van der Waals surface area (Å²) in [5.74, 6) is -0.281. The number of amides is 1. The number of hydrogen-bond acceptors (Lipinski definition) is 8. The number of aliphatic hydroxyl groups is 1. The SMILES string of the molecule is O=C1C(=C2OCC(Cl)N2CCCCS(=O)(=O)O)N(CCO)C(=S)N1c1ccccn1. The topological polar surface area (TPSA) is 124 Å². The number of thiocarbonyl (C=S) groups is 1. The van der Waals surface area contributed by atoms with Gasteiger partial charge in [-0.15, -0.1) is 0 Å². The van der Waals surface area contributed by atoms with Crippen molar-refractivity contribution >= 4 is 50.8 Å². The predicted molar refractivity (Wildman–Crippen MR) is 113 cm³/mol. The molecule has 2 aliphatic heterocycles. The first kappa shape index (κ1) is 22.7. The molecular weight excluding hydrogens is 456 g/mol. The van der Waals surface area contributed by atoms with E-state index in [1.54, 1.807) is 23.1 Å². The molecule has 2 aliphatic rings. The van der Waals surface area contributed by atoms with Crippen molar-refractivity contribution in [1.29, 1.82) is 0 Å². The molecule has 2 fully saturated rings. The molecule has 2 N–H and O–H groups in total. The molecule has 3 rings (SSSR count). The maximum Gasteiger partial charge on any atom is 0.288 e. The first-order valence-electron chi connectivity index (χ1n) is 9.15. The van der Waals surface area contributed by atoms with Gasteiger partial charge < -0.3 is 19.6 Å². The molecule has 1 unspecified atom stereocenters. The number of hydrogen-bond donors (Lipinski definition) is 2. The highest BCUT2D eigenvalue weighted by Gasteiger charge is 2.45. The van der Waals surface area contributed by atoms with Gasteiger partial charge in [0.25, 0.3) is 16.0 Å². The van der Waals surface area contributed by atoms with Crippen molar-refractivity contribution in [2.24, 2.45) is 0 Å². The van der Waals surface area contributed by atoms with Crippen LogP contribution in [-0.4, -0.2) is 81.4 Å². The van der Waals surface area contributed by atoms with Gasteiger partial charge in [0.15, 0.2) is 10.8 Å². The molecule has 1 aromatic heterocycles. The molecule has 0 spiro atoms. The molecule has 164 valence electrons. The normalized spacial score (nSPS) is 22.2. The van der Waals surface area contributed by atoms with Crippen molar-refractivity contribution in [3.8, 4) is 0 Å². The molecule has 30 heavy (non-hydrogen) atoms. The standard InChI is InChI=1S/C17H21ClN4O6S2/c18-12-11-28-16(20(12)7-3-4-10-30(25,26)27)14-15(24)22(13-5-1-2-6-19-13)17(29)21(14)8-9-23/h1-2,5-6,12,23H,3-4,7-11H2,(H,25,26,27). The van der Waals surface area contributed by atoms with E-state index in [1.807, 2.05) is 0 Å². The Hall–Kier alpha value is -1.99. The van der Waals surface area contributed by atoms with Gasteiger partial charge in [0, 0.05) is 19.3 Å². The maximum atomic E-state index is 13.3. The molecule has 1 atom stereocenters. The molecule has 1 aromatic rings. The smallest absolute Gasteiger partial charge is 0.288 e. The summed E-state index contributed by atoms with van der Waals surface area (Å²) in [7, 11) is -4.05. The largest absolute Gasteiger partial charge is 0.474 e. The second-order valence-electron chi connectivity index (χ2n) is 6.57. The summed E-state index contributed by atoms with van der Waals surface area (Å²) in [6, 6.07) is 5.08. The van der Waals surface area contributed by atoms with Gasteiger partial charge in [-0.3, -0.25) is 9.35 Å². The number of halogens is 1. The molecule has 0 radical (unpaired) electrons. The first-order chi connectivity index (χ1) is 14.2. The Kier molecular flexibility index (Phi) is 7.14. The number of rotatable bonds is 8. The average molecular weight is 477 g/mol. The Morgan fingerprint density at radius 1 is 1.30 bits per heavy atom. The van der Waals surface area contributed by atoms with Gasteiger partial charge in [-0.1, -0.05) is 17.7 Å². The number of pyridine rings is 1. The number of unbranched alkanes of at least 4 members (excludes halogenated alkanes) is 1. The zero-order chi connectivity index (χ0) is 21.9. The first-order valence-corrected chi connectivity index (χ1v) is 11.6. The molecule has 2 saturated heterocycles. The number of nitrogens with zero attached hydrogens (tertiary/aromatic N) is 4. The van der Waals surface area contributed by atoms with E-state index in [2.05, 4.69) is 4.98 Å². The quantitative estimate of drug-likeness (QED) is 0.139. The minimum atomic E-state index is -4.05. The number of alkyl halides is 1. The van der Waals surface area contributed by atoms with Gasteiger partial charge in [-0.2, -0.15) is 8.42 Å². The van der Waals surface area contributed by atoms with E-state index in [9.17, 15) is 18.3 Å². The third-order valence-electron chi connectivity index (χ3n) is 4.51. The molecule has 3 heterocycles. The van der Waals surface area contributed by atoms with Crippen LogP contribution >= 0.6 is 23.8 Å². The molecule has 0 bridgehead atoms. The summed E-state index contributed by atoms with van der Waals surface area (Å²) >= 11 is 11.8. The third-order valence-corrected chi connectivity index (χ3v) is 6.08. The summed E-state index contributed by atoms with van der Waals surface area (Å²) in [5, 5.41) is 9.64. The van der Waals surface area contributed by atoms with Crippen LogP contribution in [0, 0.1) is 0 Å². The summed E-state index contributed by atoms with van der Waals surface area (Å²) in [6.45, 7) is 0.243. The van der Waals surface area contributed by atoms with E-state index in [0.29, 0.717) is 18.8 Å². The van der Waals surface area contributed by atoms with E-state index in [4.69, 9.17) is 33.1 Å². The second kappa shape index (κ2) is 9.43. The summed E-state index contributed by atoms with van der Waals surface area (Å²) in [5.41, 5.74) is -0.433. The van der Waals surface area contributed by atoms with Crippen LogP contribution in [0.4, 0.5) is 5.82 Å². The highest BCUT2D eigenvalue weighted by Crippen LogP contribution is 2.34. The molecule has 13 heteroatoms. The minimum absolute atomic E-state index is 0.0691. The van der Waals surface area contributed by atoms with E-state index in [0.717, 1.165) is 0 Å². The van der Waals surface area contributed by atoms with E-state index < -0.39 is 21.5 Å². The highest BCUT2D eigenvalue weighted by molar-refractivity contribution is 7.85. The van der Waals surface area contributed by atoms with E-state index in [1.165, 1.54) is 16.0 Å². The van der Waals surface area contributed by atoms with Crippen LogP contribution in [0.25, 0.3) is 0 Å². The van der Waals surface area contributed by atoms with Crippen molar-refractivity contribution in [3.63, 3.8) is 0 Å². The summed E-state index contributed by atoms with van der Waals surface area (Å²) in [6.07, 6.45) is 2.15. The molecule has 0 saturated carbocycles. The maximum absolute atomic E-state index is 13.3. The lowest BCUT2D eigenvalue weighted by Crippen LogP contribution is -2.34. The third kappa shape index (κ3) is 4.83. The van der Waals surface area contributed by atoms with Crippen LogP contribution in [0.1, 0.15) is 12.8 Å². The highest BCUT2D eigenvalue weighted by atomic mass is 35.5. The molecule has 1 amide bonds. The fraction of sp³-hybridized carbons (Fsp3) is 0.471. The van der Waals surface area contributed by atoms with Crippen LogP contribution in [-0.2, 0) is 19.6 Å². The van der Waals surface area contributed by atoms with E-state index >= 15 is 0 Å². The van der Waals surface area contributed by atoms with Crippen molar-refractivity contribution in [2.45, 2.75) is 18.3 Å². The van der Waals surface area contributed by atoms with Crippen LogP contribution in [0.2, 0.25) is 0 Å². The van der Waals surface area contributed by atoms with Gasteiger partial charge in [0.05, 0.1) is 12.4 Å². The lowest BCUT2D eigenvalue weighted by molar-refractivity contribution is -0.114. The zero-order valence-electron chi connectivity index (χ0n) is 15.8. The summed E-state index contributed by atoms with van der Waals surface area (Å²) in [4.78, 5) is 21.8. The lowest BCUT2D eigenvalue weighted by Gasteiger charge is -2.24. The number of ether oxygens (including phenoxy) is 1. The Balaban J connectivity index is 1.90. The van der Waals surface area contributed by atoms with Gasteiger partial charge in [-0.25, -0.2) is 9.88 Å². The van der Waals surface area contributed by atoms with Crippen LogP contribution < -0.4 is 4.90 Å².